The Hall–Kier alpha value is -1.49. The summed E-state index contributed by atoms with van der Waals surface area (Å²) in [4.78, 5) is 13.9. The van der Waals surface area contributed by atoms with Gasteiger partial charge in [0.2, 0.25) is 0 Å². The van der Waals surface area contributed by atoms with E-state index in [9.17, 15) is 13.6 Å². The van der Waals surface area contributed by atoms with E-state index in [0.29, 0.717) is 6.04 Å². The van der Waals surface area contributed by atoms with Crippen LogP contribution >= 0.6 is 0 Å². The van der Waals surface area contributed by atoms with Crippen LogP contribution in [-0.2, 0) is 0 Å². The lowest BCUT2D eigenvalue weighted by molar-refractivity contribution is 0.0680. The molecule has 0 atom stereocenters. The maximum Gasteiger partial charge on any atom is 0.256 e. The first-order valence-corrected chi connectivity index (χ1v) is 7.48. The van der Waals surface area contributed by atoms with E-state index in [1.807, 2.05) is 0 Å². The Morgan fingerprint density at radius 1 is 1.29 bits per heavy atom. The largest absolute Gasteiger partial charge is 0.339 e. The fourth-order valence-corrected chi connectivity index (χ4v) is 2.97. The second-order valence-corrected chi connectivity index (χ2v) is 5.60. The molecule has 2 rings (SSSR count). The molecule has 1 N–H and O–H groups in total. The molecule has 5 heteroatoms. The molecular weight excluding hydrogens is 274 g/mol. The summed E-state index contributed by atoms with van der Waals surface area (Å²) in [5, 5.41) is 3.42. The first-order chi connectivity index (χ1) is 10.0. The second-order valence-electron chi connectivity index (χ2n) is 5.60. The van der Waals surface area contributed by atoms with Gasteiger partial charge in [0, 0.05) is 25.2 Å². The van der Waals surface area contributed by atoms with Crippen molar-refractivity contribution in [2.45, 2.75) is 44.7 Å². The highest BCUT2D eigenvalue weighted by Crippen LogP contribution is 2.24. The summed E-state index contributed by atoms with van der Waals surface area (Å²) in [5.74, 6) is -1.84. The van der Waals surface area contributed by atoms with E-state index >= 15 is 0 Å². The fraction of sp³-hybridized carbons (Fsp3) is 0.562. The number of carbonyl (C=O) groups is 1. The van der Waals surface area contributed by atoms with Crippen molar-refractivity contribution in [1.82, 2.24) is 10.2 Å². The number of benzene rings is 1. The van der Waals surface area contributed by atoms with Crippen LogP contribution in [0.25, 0.3) is 0 Å². The minimum Gasteiger partial charge on any atom is -0.339 e. The quantitative estimate of drug-likeness (QED) is 0.926. The van der Waals surface area contributed by atoms with E-state index in [4.69, 9.17) is 0 Å². The zero-order chi connectivity index (χ0) is 15.4. The average molecular weight is 296 g/mol. The number of hydrogen-bond acceptors (Lipinski definition) is 2. The molecule has 1 fully saturated rings. The van der Waals surface area contributed by atoms with E-state index < -0.39 is 11.6 Å². The third-order valence-corrected chi connectivity index (χ3v) is 4.22. The Labute approximate surface area is 124 Å². The summed E-state index contributed by atoms with van der Waals surface area (Å²) in [6.45, 7) is 3.03. The minimum atomic E-state index is -0.798. The van der Waals surface area contributed by atoms with Gasteiger partial charge >= 0.3 is 0 Å². The highest BCUT2D eigenvalue weighted by atomic mass is 19.1. The van der Waals surface area contributed by atoms with Gasteiger partial charge in [0.15, 0.2) is 0 Å². The highest BCUT2D eigenvalue weighted by molar-refractivity contribution is 5.94. The van der Waals surface area contributed by atoms with Crippen LogP contribution in [0.3, 0.4) is 0 Å². The Balaban J connectivity index is 2.00. The lowest BCUT2D eigenvalue weighted by Gasteiger charge is -2.35. The lowest BCUT2D eigenvalue weighted by atomic mass is 9.90. The van der Waals surface area contributed by atoms with Crippen LogP contribution in [0.15, 0.2) is 18.2 Å². The molecule has 0 radical (unpaired) electrons. The maximum absolute atomic E-state index is 13.7. The zero-order valence-corrected chi connectivity index (χ0v) is 12.5. The number of carbonyl (C=O) groups excluding carboxylic acids is 1. The molecule has 1 amide bonds. The molecule has 1 aliphatic rings. The molecule has 0 aliphatic heterocycles. The number of amides is 1. The normalized spacial score (nSPS) is 22.1. The SMILES string of the molecule is CCNC1CCC(N(C)C(=O)c2ccc(F)cc2F)CC1. The van der Waals surface area contributed by atoms with E-state index in [-0.39, 0.29) is 17.5 Å². The Kier molecular flexibility index (Phi) is 5.28. The number of rotatable bonds is 4. The molecule has 1 aromatic rings. The van der Waals surface area contributed by atoms with Crippen molar-refractivity contribution >= 4 is 5.91 Å². The number of hydrogen-bond donors (Lipinski definition) is 1. The fourth-order valence-electron chi connectivity index (χ4n) is 2.97. The number of nitrogens with one attached hydrogen (secondary N) is 1. The van der Waals surface area contributed by atoms with Gasteiger partial charge in [0.05, 0.1) is 5.56 Å². The van der Waals surface area contributed by atoms with Crippen molar-refractivity contribution in [3.05, 3.63) is 35.4 Å². The van der Waals surface area contributed by atoms with Crippen LogP contribution in [0.4, 0.5) is 8.78 Å². The van der Waals surface area contributed by atoms with Gasteiger partial charge in [-0.2, -0.15) is 0 Å². The molecule has 116 valence electrons. The summed E-state index contributed by atoms with van der Waals surface area (Å²) in [6.07, 6.45) is 3.84. The summed E-state index contributed by atoms with van der Waals surface area (Å²) in [6, 6.07) is 3.72. The van der Waals surface area contributed by atoms with E-state index in [1.165, 1.54) is 6.07 Å². The molecule has 0 saturated heterocycles. The van der Waals surface area contributed by atoms with Gasteiger partial charge in [-0.3, -0.25) is 4.79 Å². The second kappa shape index (κ2) is 6.98. The molecule has 0 heterocycles. The molecule has 0 spiro atoms. The van der Waals surface area contributed by atoms with Gasteiger partial charge in [-0.25, -0.2) is 8.78 Å². The molecular formula is C16H22F2N2O. The predicted octanol–water partition coefficient (Wildman–Crippen LogP) is 2.96. The zero-order valence-electron chi connectivity index (χ0n) is 12.5. The van der Waals surface area contributed by atoms with Gasteiger partial charge in [0.25, 0.3) is 5.91 Å². The highest BCUT2D eigenvalue weighted by Gasteiger charge is 2.27. The molecule has 21 heavy (non-hydrogen) atoms. The Bertz CT molecular complexity index is 499. The van der Waals surface area contributed by atoms with Crippen LogP contribution in [0.2, 0.25) is 0 Å². The summed E-state index contributed by atoms with van der Waals surface area (Å²) in [5.41, 5.74) is -0.0623. The molecule has 1 saturated carbocycles. The molecule has 1 aromatic carbocycles. The first-order valence-electron chi connectivity index (χ1n) is 7.48. The van der Waals surface area contributed by atoms with Gasteiger partial charge in [-0.15, -0.1) is 0 Å². The van der Waals surface area contributed by atoms with Gasteiger partial charge in [-0.1, -0.05) is 6.92 Å². The van der Waals surface area contributed by atoms with Gasteiger partial charge in [-0.05, 0) is 44.4 Å². The van der Waals surface area contributed by atoms with Crippen LogP contribution < -0.4 is 5.32 Å². The van der Waals surface area contributed by atoms with Crippen LogP contribution in [0.1, 0.15) is 43.0 Å². The Morgan fingerprint density at radius 3 is 2.52 bits per heavy atom. The molecule has 0 aromatic heterocycles. The van der Waals surface area contributed by atoms with E-state index in [1.54, 1.807) is 11.9 Å². The third kappa shape index (κ3) is 3.79. The Morgan fingerprint density at radius 2 is 1.95 bits per heavy atom. The van der Waals surface area contributed by atoms with Crippen molar-refractivity contribution in [3.63, 3.8) is 0 Å². The summed E-state index contributed by atoms with van der Waals surface area (Å²) >= 11 is 0. The molecule has 1 aliphatic carbocycles. The average Bonchev–Trinajstić information content (AvgIpc) is 2.47. The minimum absolute atomic E-state index is 0.0623. The van der Waals surface area contributed by atoms with Gasteiger partial charge in [0.1, 0.15) is 11.6 Å². The molecule has 3 nitrogen and oxygen atoms in total. The van der Waals surface area contributed by atoms with Crippen LogP contribution in [0.5, 0.6) is 0 Å². The van der Waals surface area contributed by atoms with Crippen molar-refractivity contribution in [1.29, 1.82) is 0 Å². The summed E-state index contributed by atoms with van der Waals surface area (Å²) < 4.78 is 26.6. The first kappa shape index (κ1) is 15.9. The smallest absolute Gasteiger partial charge is 0.256 e. The predicted molar refractivity (Wildman–Crippen MR) is 78.2 cm³/mol. The topological polar surface area (TPSA) is 32.3 Å². The van der Waals surface area contributed by atoms with Crippen molar-refractivity contribution in [2.24, 2.45) is 0 Å². The van der Waals surface area contributed by atoms with Crippen molar-refractivity contribution in [2.75, 3.05) is 13.6 Å². The number of halogens is 2. The molecule has 0 bridgehead atoms. The standard InChI is InChI=1S/C16H22F2N2O/c1-3-19-12-5-7-13(8-6-12)20(2)16(21)14-9-4-11(17)10-15(14)18/h4,9-10,12-13,19H,3,5-8H2,1-2H3. The number of nitrogens with zero attached hydrogens (tertiary/aromatic N) is 1. The van der Waals surface area contributed by atoms with Crippen LogP contribution in [0, 0.1) is 11.6 Å². The lowest BCUT2D eigenvalue weighted by Crippen LogP contribution is -2.43. The molecule has 0 unspecified atom stereocenters. The van der Waals surface area contributed by atoms with Gasteiger partial charge < -0.3 is 10.2 Å². The summed E-state index contributed by atoms with van der Waals surface area (Å²) in [7, 11) is 1.70. The van der Waals surface area contributed by atoms with E-state index in [0.717, 1.165) is 44.4 Å². The maximum atomic E-state index is 13.7. The van der Waals surface area contributed by atoms with E-state index in [2.05, 4.69) is 12.2 Å². The van der Waals surface area contributed by atoms with Crippen LogP contribution in [-0.4, -0.2) is 36.5 Å². The monoisotopic (exact) mass is 296 g/mol. The van der Waals surface area contributed by atoms with Crippen molar-refractivity contribution in [3.8, 4) is 0 Å². The van der Waals surface area contributed by atoms with Crippen molar-refractivity contribution < 1.29 is 13.6 Å². The third-order valence-electron chi connectivity index (χ3n) is 4.22.